The van der Waals surface area contributed by atoms with E-state index in [1.807, 2.05) is 24.8 Å². The molecule has 1 fully saturated rings. The number of anilines is 1. The molecule has 9 heteroatoms. The summed E-state index contributed by atoms with van der Waals surface area (Å²) in [6.45, 7) is 5.98. The Morgan fingerprint density at radius 3 is 2.54 bits per heavy atom. The fraction of sp³-hybridized carbons (Fsp3) is 0.308. The standard InChI is InChI=1S/C26H25ClFN5O2/c1-16-12-20(5-4-19-6-8-21(28)9-7-19)14-29-25(16)31-26(35)24-23(27)15-30-33(24)22-10-11-32(18(3)34)17(2)13-22/h6-9,12,14-15,17,22H,10-11,13H2,1-3H3,(H,29,31,35). The maximum Gasteiger partial charge on any atom is 0.276 e. The summed E-state index contributed by atoms with van der Waals surface area (Å²) in [6, 6.07) is 7.73. The summed E-state index contributed by atoms with van der Waals surface area (Å²) in [5, 5.41) is 7.44. The van der Waals surface area contributed by atoms with Gasteiger partial charge in [0.25, 0.3) is 5.91 Å². The van der Waals surface area contributed by atoms with Crippen molar-refractivity contribution in [1.29, 1.82) is 0 Å². The third kappa shape index (κ3) is 5.52. The summed E-state index contributed by atoms with van der Waals surface area (Å²) < 4.78 is 14.7. The molecule has 0 saturated carbocycles. The van der Waals surface area contributed by atoms with Gasteiger partial charge in [-0.25, -0.2) is 9.37 Å². The molecule has 7 nitrogen and oxygen atoms in total. The Bertz CT molecular complexity index is 1330. The number of aromatic nitrogens is 3. The second-order valence-electron chi connectivity index (χ2n) is 8.63. The van der Waals surface area contributed by atoms with Crippen molar-refractivity contribution in [3.05, 3.63) is 75.9 Å². The third-order valence-electron chi connectivity index (χ3n) is 6.07. The second kappa shape index (κ2) is 10.3. The molecule has 0 bridgehead atoms. The maximum atomic E-state index is 13.2. The maximum absolute atomic E-state index is 13.2. The Kier molecular flexibility index (Phi) is 7.17. The van der Waals surface area contributed by atoms with Crippen LogP contribution in [0.3, 0.4) is 0 Å². The lowest BCUT2D eigenvalue weighted by atomic mass is 9.98. The lowest BCUT2D eigenvalue weighted by Gasteiger charge is -2.37. The summed E-state index contributed by atoms with van der Waals surface area (Å²) in [7, 11) is 0. The molecule has 180 valence electrons. The van der Waals surface area contributed by atoms with Gasteiger partial charge in [-0.15, -0.1) is 0 Å². The Labute approximate surface area is 208 Å². The van der Waals surface area contributed by atoms with Gasteiger partial charge in [0.05, 0.1) is 17.3 Å². The molecule has 0 spiro atoms. The van der Waals surface area contributed by atoms with Crippen LogP contribution in [-0.2, 0) is 4.79 Å². The van der Waals surface area contributed by atoms with E-state index in [-0.39, 0.29) is 34.5 Å². The number of carbonyl (C=O) groups is 2. The second-order valence-corrected chi connectivity index (χ2v) is 9.03. The highest BCUT2D eigenvalue weighted by Gasteiger charge is 2.31. The van der Waals surface area contributed by atoms with Crippen LogP contribution < -0.4 is 5.32 Å². The van der Waals surface area contributed by atoms with E-state index in [0.717, 1.165) is 5.56 Å². The first kappa shape index (κ1) is 24.4. The van der Waals surface area contributed by atoms with Crippen LogP contribution in [0, 0.1) is 24.6 Å². The fourth-order valence-corrected chi connectivity index (χ4v) is 4.50. The van der Waals surface area contributed by atoms with Crippen LogP contribution in [-0.4, -0.2) is 44.1 Å². The van der Waals surface area contributed by atoms with Gasteiger partial charge in [-0.05, 0) is 62.6 Å². The zero-order valence-electron chi connectivity index (χ0n) is 19.7. The van der Waals surface area contributed by atoms with E-state index in [2.05, 4.69) is 27.2 Å². The molecule has 2 unspecified atom stereocenters. The van der Waals surface area contributed by atoms with E-state index < -0.39 is 5.91 Å². The highest BCUT2D eigenvalue weighted by Crippen LogP contribution is 2.30. The Balaban J connectivity index is 1.49. The Morgan fingerprint density at radius 1 is 1.17 bits per heavy atom. The van der Waals surface area contributed by atoms with E-state index in [1.165, 1.54) is 18.3 Å². The van der Waals surface area contributed by atoms with Gasteiger partial charge < -0.3 is 10.2 Å². The summed E-state index contributed by atoms with van der Waals surface area (Å²) in [5.41, 5.74) is 2.35. The quantitative estimate of drug-likeness (QED) is 0.541. The number of rotatable bonds is 3. The van der Waals surface area contributed by atoms with E-state index in [9.17, 15) is 14.0 Å². The molecule has 2 amide bonds. The lowest BCUT2D eigenvalue weighted by Crippen LogP contribution is -2.44. The SMILES string of the molecule is CC(=O)N1CCC(n2ncc(Cl)c2C(=O)Nc2ncc(C#Cc3ccc(F)cc3)cc2C)CC1C. The first-order valence-electron chi connectivity index (χ1n) is 11.3. The average Bonchev–Trinajstić information content (AvgIpc) is 3.21. The smallest absolute Gasteiger partial charge is 0.276 e. The van der Waals surface area contributed by atoms with Crippen LogP contribution >= 0.6 is 11.6 Å². The largest absolute Gasteiger partial charge is 0.340 e. The zero-order chi connectivity index (χ0) is 25.1. The monoisotopic (exact) mass is 493 g/mol. The van der Waals surface area contributed by atoms with E-state index in [1.54, 1.807) is 29.9 Å². The number of likely N-dealkylation sites (tertiary alicyclic amines) is 1. The number of hydrogen-bond acceptors (Lipinski definition) is 4. The predicted molar refractivity (Wildman–Crippen MR) is 132 cm³/mol. The number of amides is 2. The van der Waals surface area contributed by atoms with Crippen LogP contribution in [0.1, 0.15) is 59.9 Å². The lowest BCUT2D eigenvalue weighted by molar-refractivity contribution is -0.132. The van der Waals surface area contributed by atoms with Gasteiger partial charge >= 0.3 is 0 Å². The molecule has 2 aromatic heterocycles. The molecular weight excluding hydrogens is 469 g/mol. The number of pyridine rings is 1. The molecule has 0 aliphatic carbocycles. The van der Waals surface area contributed by atoms with Gasteiger partial charge in [-0.3, -0.25) is 14.3 Å². The number of hydrogen-bond donors (Lipinski definition) is 1. The van der Waals surface area contributed by atoms with Crippen molar-refractivity contribution in [1.82, 2.24) is 19.7 Å². The molecular formula is C26H25ClFN5O2. The normalized spacial score (nSPS) is 17.5. The molecule has 1 aromatic carbocycles. The number of nitrogens with one attached hydrogen (secondary N) is 1. The molecule has 1 N–H and O–H groups in total. The van der Waals surface area contributed by atoms with Crippen LogP contribution in [0.25, 0.3) is 0 Å². The summed E-state index contributed by atoms with van der Waals surface area (Å²) in [4.78, 5) is 31.2. The number of halogens is 2. The number of carbonyl (C=O) groups excluding carboxylic acids is 2. The van der Waals surface area contributed by atoms with Crippen molar-refractivity contribution in [2.45, 2.75) is 45.7 Å². The minimum Gasteiger partial charge on any atom is -0.340 e. The highest BCUT2D eigenvalue weighted by molar-refractivity contribution is 6.34. The van der Waals surface area contributed by atoms with Gasteiger partial charge in [-0.2, -0.15) is 5.10 Å². The van der Waals surface area contributed by atoms with Crippen molar-refractivity contribution < 1.29 is 14.0 Å². The zero-order valence-corrected chi connectivity index (χ0v) is 20.4. The number of aryl methyl sites for hydroxylation is 1. The van der Waals surface area contributed by atoms with Gasteiger partial charge in [0, 0.05) is 36.8 Å². The summed E-state index contributed by atoms with van der Waals surface area (Å²) >= 11 is 6.34. The Morgan fingerprint density at radius 2 is 1.89 bits per heavy atom. The molecule has 0 radical (unpaired) electrons. The first-order valence-corrected chi connectivity index (χ1v) is 11.7. The average molecular weight is 494 g/mol. The van der Waals surface area contributed by atoms with Crippen LogP contribution in [0.15, 0.2) is 42.7 Å². The van der Waals surface area contributed by atoms with E-state index in [0.29, 0.717) is 36.3 Å². The number of nitrogens with zero attached hydrogens (tertiary/aromatic N) is 4. The third-order valence-corrected chi connectivity index (χ3v) is 6.35. The molecule has 1 aliphatic rings. The van der Waals surface area contributed by atoms with Crippen LogP contribution in [0.4, 0.5) is 10.2 Å². The predicted octanol–water partition coefficient (Wildman–Crippen LogP) is 4.60. The van der Waals surface area contributed by atoms with Crippen molar-refractivity contribution in [2.24, 2.45) is 0 Å². The van der Waals surface area contributed by atoms with Crippen LogP contribution in [0.5, 0.6) is 0 Å². The topological polar surface area (TPSA) is 80.1 Å². The fourth-order valence-electron chi connectivity index (χ4n) is 4.29. The molecule has 3 heterocycles. The van der Waals surface area contributed by atoms with Crippen molar-refractivity contribution >= 4 is 29.2 Å². The minimum absolute atomic E-state index is 0.0395. The van der Waals surface area contributed by atoms with Crippen molar-refractivity contribution in [3.63, 3.8) is 0 Å². The van der Waals surface area contributed by atoms with Gasteiger partial charge in [0.2, 0.25) is 5.91 Å². The molecule has 1 aliphatic heterocycles. The summed E-state index contributed by atoms with van der Waals surface area (Å²) in [6.07, 6.45) is 4.39. The van der Waals surface area contributed by atoms with Gasteiger partial charge in [0.1, 0.15) is 17.3 Å². The van der Waals surface area contributed by atoms with Crippen LogP contribution in [0.2, 0.25) is 5.02 Å². The molecule has 4 rings (SSSR count). The van der Waals surface area contributed by atoms with E-state index >= 15 is 0 Å². The Hall–Kier alpha value is -3.70. The molecule has 35 heavy (non-hydrogen) atoms. The minimum atomic E-state index is -0.408. The van der Waals surface area contributed by atoms with Crippen molar-refractivity contribution in [3.8, 4) is 11.8 Å². The van der Waals surface area contributed by atoms with Gasteiger partial charge in [0.15, 0.2) is 0 Å². The number of piperidine rings is 1. The molecule has 3 aromatic rings. The van der Waals surface area contributed by atoms with Gasteiger partial charge in [-0.1, -0.05) is 23.4 Å². The first-order chi connectivity index (χ1) is 16.7. The van der Waals surface area contributed by atoms with Crippen molar-refractivity contribution in [2.75, 3.05) is 11.9 Å². The van der Waals surface area contributed by atoms with E-state index in [4.69, 9.17) is 11.6 Å². The highest BCUT2D eigenvalue weighted by atomic mass is 35.5. The summed E-state index contributed by atoms with van der Waals surface area (Å²) in [5.74, 6) is 5.67. The molecule has 1 saturated heterocycles. The number of benzene rings is 1. The molecule has 2 atom stereocenters.